The number of phosphoric acid groups is 1. The zero-order valence-corrected chi connectivity index (χ0v) is 16.1. The molecule has 0 spiro atoms. The quantitative estimate of drug-likeness (QED) is 0.574. The number of fused-ring (bicyclic) bond motifs is 1. The third-order valence-corrected chi connectivity index (χ3v) is 4.43. The first-order valence-corrected chi connectivity index (χ1v) is 9.92. The van der Waals surface area contributed by atoms with Crippen molar-refractivity contribution in [3.8, 4) is 16.9 Å². The Bertz CT molecular complexity index is 1120. The van der Waals surface area contributed by atoms with E-state index < -0.39 is 25.8 Å². The summed E-state index contributed by atoms with van der Waals surface area (Å²) in [4.78, 5) is 31.1. The van der Waals surface area contributed by atoms with Crippen LogP contribution >= 0.6 is 7.82 Å². The molecule has 2 heterocycles. The lowest BCUT2D eigenvalue weighted by molar-refractivity contribution is 0.155. The Labute approximate surface area is 159 Å². The van der Waals surface area contributed by atoms with Gasteiger partial charge in [0.15, 0.2) is 5.43 Å². The predicted octanol–water partition coefficient (Wildman–Crippen LogP) is 2.40. The van der Waals surface area contributed by atoms with Crippen molar-refractivity contribution >= 4 is 18.7 Å². The van der Waals surface area contributed by atoms with E-state index >= 15 is 0 Å². The maximum atomic E-state index is 14.6. The fourth-order valence-corrected chi connectivity index (χ4v) is 3.07. The topological polar surface area (TPSA) is 116 Å². The molecule has 0 unspecified atom stereocenters. The van der Waals surface area contributed by atoms with Crippen LogP contribution in [0.1, 0.15) is 13.3 Å². The molecular weight excluding hydrogens is 392 g/mol. The molecule has 0 saturated heterocycles. The molecule has 0 fully saturated rings. The molecule has 3 rings (SSSR count). The van der Waals surface area contributed by atoms with E-state index in [0.717, 1.165) is 6.07 Å². The maximum Gasteiger partial charge on any atom is 0.471 e. The maximum absolute atomic E-state index is 14.6. The Hall–Kier alpha value is -2.52. The summed E-state index contributed by atoms with van der Waals surface area (Å²) < 4.78 is 38.7. The summed E-state index contributed by atoms with van der Waals surface area (Å²) in [6.07, 6.45) is 5.03. The molecule has 28 heavy (non-hydrogen) atoms. The number of rotatable bonds is 7. The van der Waals surface area contributed by atoms with Crippen LogP contribution in [0.5, 0.6) is 5.75 Å². The van der Waals surface area contributed by atoms with Crippen molar-refractivity contribution in [1.82, 2.24) is 14.3 Å². The van der Waals surface area contributed by atoms with Gasteiger partial charge in [-0.15, -0.1) is 0 Å². The van der Waals surface area contributed by atoms with Gasteiger partial charge in [0.2, 0.25) is 0 Å². The van der Waals surface area contributed by atoms with Crippen molar-refractivity contribution < 1.29 is 28.0 Å². The van der Waals surface area contributed by atoms with E-state index in [9.17, 15) is 13.8 Å². The molecule has 0 aliphatic carbocycles. The van der Waals surface area contributed by atoms with E-state index in [4.69, 9.17) is 14.5 Å². The fourth-order valence-electron chi connectivity index (χ4n) is 2.80. The molecule has 9 nitrogen and oxygen atoms in total. The molecule has 150 valence electrons. The van der Waals surface area contributed by atoms with E-state index in [1.165, 1.54) is 27.7 Å². The van der Waals surface area contributed by atoms with Gasteiger partial charge >= 0.3 is 7.82 Å². The second kappa shape index (κ2) is 7.84. The zero-order chi connectivity index (χ0) is 20.5. The van der Waals surface area contributed by atoms with Crippen LogP contribution in [0.15, 0.2) is 35.5 Å². The summed E-state index contributed by atoms with van der Waals surface area (Å²) in [6, 6.07) is 2.49. The number of aryl methyl sites for hydroxylation is 1. The van der Waals surface area contributed by atoms with Gasteiger partial charge in [-0.1, -0.05) is 6.92 Å². The van der Waals surface area contributed by atoms with Gasteiger partial charge in [0.05, 0.1) is 23.7 Å². The van der Waals surface area contributed by atoms with Gasteiger partial charge in [0.25, 0.3) is 0 Å². The number of ether oxygens (including phenoxy) is 1. The Balaban J connectivity index is 2.30. The molecule has 0 atom stereocenters. The summed E-state index contributed by atoms with van der Waals surface area (Å²) in [5.74, 6) is -0.568. The van der Waals surface area contributed by atoms with Crippen LogP contribution in [0.4, 0.5) is 4.39 Å². The van der Waals surface area contributed by atoms with E-state index in [1.54, 1.807) is 13.2 Å². The molecule has 0 amide bonds. The van der Waals surface area contributed by atoms with Crippen LogP contribution < -0.4 is 10.2 Å². The van der Waals surface area contributed by atoms with Crippen molar-refractivity contribution in [2.45, 2.75) is 20.1 Å². The highest BCUT2D eigenvalue weighted by molar-refractivity contribution is 7.46. The number of hydrogen-bond donors (Lipinski definition) is 2. The van der Waals surface area contributed by atoms with Crippen molar-refractivity contribution in [1.29, 1.82) is 0 Å². The molecule has 1 aromatic carbocycles. The Kier molecular flexibility index (Phi) is 5.66. The molecular formula is C17H19FN3O6P. The van der Waals surface area contributed by atoms with Gasteiger partial charge in [-0.05, 0) is 18.6 Å². The highest BCUT2D eigenvalue weighted by Crippen LogP contribution is 2.37. The SMILES string of the molecule is CCCOc1ccc(F)c2c(=O)c(-c3cnn(C)c3)cn(COP(=O)(O)O)c12. The van der Waals surface area contributed by atoms with Gasteiger partial charge in [0.1, 0.15) is 18.3 Å². The molecule has 0 bridgehead atoms. The summed E-state index contributed by atoms with van der Waals surface area (Å²) in [7, 11) is -3.14. The minimum Gasteiger partial charge on any atom is -0.491 e. The van der Waals surface area contributed by atoms with E-state index in [2.05, 4.69) is 9.62 Å². The standard InChI is InChI=1S/C17H19FN3O6P/c1-3-6-26-14-5-4-13(18)15-16(14)21(10-27-28(23,24)25)9-12(17(15)22)11-7-19-20(2)8-11/h4-5,7-9H,3,6,10H2,1-2H3,(H2,23,24,25). The third kappa shape index (κ3) is 4.15. The minimum absolute atomic E-state index is 0.0551. The third-order valence-electron chi connectivity index (χ3n) is 3.98. The Morgan fingerprint density at radius 3 is 2.64 bits per heavy atom. The molecule has 3 aromatic rings. The first kappa shape index (κ1) is 20.2. The second-order valence-electron chi connectivity index (χ2n) is 6.11. The number of phosphoric ester groups is 1. The Morgan fingerprint density at radius 1 is 1.29 bits per heavy atom. The van der Waals surface area contributed by atoms with E-state index in [1.807, 2.05) is 6.92 Å². The number of hydrogen-bond acceptors (Lipinski definition) is 5. The van der Waals surface area contributed by atoms with Crippen LogP contribution in [0.3, 0.4) is 0 Å². The zero-order valence-electron chi connectivity index (χ0n) is 15.2. The summed E-state index contributed by atoms with van der Waals surface area (Å²) >= 11 is 0. The number of pyridine rings is 1. The molecule has 0 aliphatic rings. The molecule has 2 aromatic heterocycles. The van der Waals surface area contributed by atoms with Crippen LogP contribution in [0.25, 0.3) is 22.0 Å². The lowest BCUT2D eigenvalue weighted by atomic mass is 10.1. The lowest BCUT2D eigenvalue weighted by Crippen LogP contribution is -2.15. The lowest BCUT2D eigenvalue weighted by Gasteiger charge is -2.17. The van der Waals surface area contributed by atoms with E-state index in [0.29, 0.717) is 18.6 Å². The second-order valence-corrected chi connectivity index (χ2v) is 7.35. The van der Waals surface area contributed by atoms with Crippen LogP contribution in [0, 0.1) is 5.82 Å². The molecule has 0 radical (unpaired) electrons. The normalized spacial score (nSPS) is 11.9. The molecule has 11 heteroatoms. The van der Waals surface area contributed by atoms with Crippen molar-refractivity contribution in [2.75, 3.05) is 6.61 Å². The highest BCUT2D eigenvalue weighted by Gasteiger charge is 2.21. The monoisotopic (exact) mass is 411 g/mol. The van der Waals surface area contributed by atoms with Crippen LogP contribution in [0.2, 0.25) is 0 Å². The van der Waals surface area contributed by atoms with Crippen molar-refractivity contribution in [3.05, 3.63) is 46.8 Å². The first-order chi connectivity index (χ1) is 13.2. The minimum atomic E-state index is -4.80. The number of aromatic nitrogens is 3. The molecule has 0 saturated carbocycles. The number of halogens is 1. The summed E-state index contributed by atoms with van der Waals surface area (Å²) in [5, 5.41) is 3.74. The van der Waals surface area contributed by atoms with E-state index in [-0.39, 0.29) is 22.2 Å². The molecule has 2 N–H and O–H groups in total. The van der Waals surface area contributed by atoms with Crippen LogP contribution in [-0.4, -0.2) is 30.7 Å². The Morgan fingerprint density at radius 2 is 2.04 bits per heavy atom. The average Bonchev–Trinajstić information content (AvgIpc) is 3.05. The van der Waals surface area contributed by atoms with Gasteiger partial charge in [-0.2, -0.15) is 5.10 Å². The fraction of sp³-hybridized carbons (Fsp3) is 0.294. The summed E-state index contributed by atoms with van der Waals surface area (Å²) in [5.41, 5.74) is 0.00878. The predicted molar refractivity (Wildman–Crippen MR) is 99.3 cm³/mol. The highest BCUT2D eigenvalue weighted by atomic mass is 31.2. The summed E-state index contributed by atoms with van der Waals surface area (Å²) in [6.45, 7) is 1.59. The van der Waals surface area contributed by atoms with Gasteiger partial charge in [0, 0.05) is 30.6 Å². The van der Waals surface area contributed by atoms with Gasteiger partial charge < -0.3 is 19.1 Å². The number of benzene rings is 1. The number of nitrogens with zero attached hydrogens (tertiary/aromatic N) is 3. The first-order valence-electron chi connectivity index (χ1n) is 8.39. The molecule has 0 aliphatic heterocycles. The average molecular weight is 411 g/mol. The van der Waals surface area contributed by atoms with Gasteiger partial charge in [-0.3, -0.25) is 14.0 Å². The smallest absolute Gasteiger partial charge is 0.471 e. The van der Waals surface area contributed by atoms with Crippen molar-refractivity contribution in [2.24, 2.45) is 7.05 Å². The largest absolute Gasteiger partial charge is 0.491 e. The van der Waals surface area contributed by atoms with Crippen LogP contribution in [-0.2, 0) is 22.9 Å². The van der Waals surface area contributed by atoms with Gasteiger partial charge in [-0.25, -0.2) is 8.96 Å². The van der Waals surface area contributed by atoms with Crippen molar-refractivity contribution in [3.63, 3.8) is 0 Å².